The summed E-state index contributed by atoms with van der Waals surface area (Å²) >= 11 is 0. The predicted molar refractivity (Wildman–Crippen MR) is 64.3 cm³/mol. The van der Waals surface area contributed by atoms with E-state index in [-0.39, 0.29) is 30.5 Å². The maximum Gasteiger partial charge on any atom is 0.232 e. The Labute approximate surface area is 108 Å². The summed E-state index contributed by atoms with van der Waals surface area (Å²) in [4.78, 5) is 16.6. The van der Waals surface area contributed by atoms with Crippen LogP contribution in [0.25, 0.3) is 0 Å². The van der Waals surface area contributed by atoms with Gasteiger partial charge in [0.15, 0.2) is 0 Å². The van der Waals surface area contributed by atoms with Gasteiger partial charge in [0.25, 0.3) is 0 Å². The van der Waals surface area contributed by atoms with Crippen LogP contribution in [-0.4, -0.2) is 31.6 Å². The monoisotopic (exact) mass is 292 g/mol. The predicted octanol–water partition coefficient (Wildman–Crippen LogP) is 1.14. The first-order chi connectivity index (χ1) is 8.35. The molecule has 98 valence electrons. The molecule has 0 saturated carbocycles. The Kier molecular flexibility index (Phi) is 3.54. The van der Waals surface area contributed by atoms with Crippen LogP contribution >= 0.6 is 10.7 Å². The van der Waals surface area contributed by atoms with Crippen LogP contribution in [0.1, 0.15) is 6.42 Å². The van der Waals surface area contributed by atoms with Gasteiger partial charge in [-0.2, -0.15) is 4.39 Å². The molecule has 1 aromatic rings. The molecule has 0 bridgehead atoms. The minimum atomic E-state index is -3.63. The van der Waals surface area contributed by atoms with Crippen LogP contribution in [0, 0.1) is 11.9 Å². The molecule has 1 aromatic heterocycles. The summed E-state index contributed by atoms with van der Waals surface area (Å²) in [6.45, 7) is 0.248. The average molecular weight is 293 g/mol. The number of rotatable bonds is 3. The number of amides is 1. The van der Waals surface area contributed by atoms with Gasteiger partial charge in [-0.15, -0.1) is 0 Å². The Morgan fingerprint density at radius 3 is 2.78 bits per heavy atom. The summed E-state index contributed by atoms with van der Waals surface area (Å²) in [5.41, 5.74) is 0.455. The first-order valence-corrected chi connectivity index (χ1v) is 7.67. The van der Waals surface area contributed by atoms with Gasteiger partial charge < -0.3 is 4.90 Å². The first kappa shape index (κ1) is 13.2. The molecule has 2 heterocycles. The molecule has 1 aliphatic heterocycles. The van der Waals surface area contributed by atoms with Gasteiger partial charge in [-0.25, -0.2) is 13.4 Å². The lowest BCUT2D eigenvalue weighted by Gasteiger charge is -2.15. The smallest absolute Gasteiger partial charge is 0.232 e. The summed E-state index contributed by atoms with van der Waals surface area (Å²) < 4.78 is 34.6. The minimum absolute atomic E-state index is 0.114. The number of carbonyl (C=O) groups excluding carboxylic acids is 1. The fourth-order valence-electron chi connectivity index (χ4n) is 1.95. The molecule has 1 saturated heterocycles. The average Bonchev–Trinajstić information content (AvgIpc) is 2.58. The molecule has 1 atom stereocenters. The van der Waals surface area contributed by atoms with E-state index in [1.165, 1.54) is 17.2 Å². The Morgan fingerprint density at radius 1 is 1.50 bits per heavy atom. The van der Waals surface area contributed by atoms with Gasteiger partial charge in [0.05, 0.1) is 17.6 Å². The Balaban J connectivity index is 2.12. The lowest BCUT2D eigenvalue weighted by molar-refractivity contribution is -0.117. The number of halogens is 2. The topological polar surface area (TPSA) is 67.3 Å². The third-order valence-electron chi connectivity index (χ3n) is 2.66. The zero-order chi connectivity index (χ0) is 13.3. The maximum absolute atomic E-state index is 12.7. The second kappa shape index (κ2) is 4.81. The van der Waals surface area contributed by atoms with Crippen molar-refractivity contribution in [1.82, 2.24) is 4.98 Å². The van der Waals surface area contributed by atoms with Crippen molar-refractivity contribution in [3.63, 3.8) is 0 Å². The van der Waals surface area contributed by atoms with Crippen LogP contribution < -0.4 is 4.90 Å². The lowest BCUT2D eigenvalue weighted by atomic mass is 10.1. The van der Waals surface area contributed by atoms with Crippen LogP contribution in [0.15, 0.2) is 18.3 Å². The summed E-state index contributed by atoms with van der Waals surface area (Å²) in [5.74, 6) is -1.44. The summed E-state index contributed by atoms with van der Waals surface area (Å²) in [6.07, 6.45) is 1.36. The van der Waals surface area contributed by atoms with Crippen molar-refractivity contribution in [1.29, 1.82) is 0 Å². The highest BCUT2D eigenvalue weighted by molar-refractivity contribution is 8.13. The van der Waals surface area contributed by atoms with Gasteiger partial charge in [0, 0.05) is 29.6 Å². The lowest BCUT2D eigenvalue weighted by Crippen LogP contribution is -2.25. The Hall–Kier alpha value is -1.21. The standard InChI is InChI=1S/C10H10ClFN2O3S/c11-18(16,17)6-7-3-10(15)14(5-7)8-1-2-9(12)13-4-8/h1-2,4,7H,3,5-6H2. The number of anilines is 1. The molecule has 8 heteroatoms. The van der Waals surface area contributed by atoms with Crippen molar-refractivity contribution < 1.29 is 17.6 Å². The van der Waals surface area contributed by atoms with Crippen LogP contribution in [0.5, 0.6) is 0 Å². The molecule has 0 spiro atoms. The zero-order valence-electron chi connectivity index (χ0n) is 9.21. The normalized spacial score (nSPS) is 20.4. The third kappa shape index (κ3) is 3.17. The zero-order valence-corrected chi connectivity index (χ0v) is 10.8. The molecule has 0 aromatic carbocycles. The fourth-order valence-corrected chi connectivity index (χ4v) is 3.27. The van der Waals surface area contributed by atoms with E-state index in [9.17, 15) is 17.6 Å². The molecular formula is C10H10ClFN2O3S. The van der Waals surface area contributed by atoms with Gasteiger partial charge in [0.1, 0.15) is 0 Å². The van der Waals surface area contributed by atoms with Gasteiger partial charge in [-0.05, 0) is 12.1 Å². The number of hydrogen-bond donors (Lipinski definition) is 0. The largest absolute Gasteiger partial charge is 0.311 e. The molecule has 0 aliphatic carbocycles. The first-order valence-electron chi connectivity index (χ1n) is 5.19. The molecule has 1 fully saturated rings. The molecule has 5 nitrogen and oxygen atoms in total. The SMILES string of the molecule is O=C1CC(CS(=O)(=O)Cl)CN1c1ccc(F)nc1. The van der Waals surface area contributed by atoms with E-state index in [0.29, 0.717) is 5.69 Å². The maximum atomic E-state index is 12.7. The highest BCUT2D eigenvalue weighted by Gasteiger charge is 2.33. The second-order valence-corrected chi connectivity index (χ2v) is 6.94. The third-order valence-corrected chi connectivity index (χ3v) is 3.91. The van der Waals surface area contributed by atoms with E-state index in [1.807, 2.05) is 0 Å². The van der Waals surface area contributed by atoms with Crippen molar-refractivity contribution in [3.8, 4) is 0 Å². The summed E-state index contributed by atoms with van der Waals surface area (Å²) in [7, 11) is 1.53. The molecule has 1 unspecified atom stereocenters. The van der Waals surface area contributed by atoms with E-state index in [0.717, 1.165) is 6.07 Å². The van der Waals surface area contributed by atoms with E-state index < -0.39 is 15.0 Å². The van der Waals surface area contributed by atoms with E-state index in [2.05, 4.69) is 4.98 Å². The number of carbonyl (C=O) groups is 1. The van der Waals surface area contributed by atoms with Crippen molar-refractivity contribution in [2.45, 2.75) is 6.42 Å². The van der Waals surface area contributed by atoms with Crippen molar-refractivity contribution in [3.05, 3.63) is 24.3 Å². The summed E-state index contributed by atoms with van der Waals surface area (Å²) in [5, 5.41) is 0. The van der Waals surface area contributed by atoms with Gasteiger partial charge >= 0.3 is 0 Å². The van der Waals surface area contributed by atoms with Gasteiger partial charge in [-0.3, -0.25) is 4.79 Å². The van der Waals surface area contributed by atoms with E-state index in [4.69, 9.17) is 10.7 Å². The van der Waals surface area contributed by atoms with Crippen LogP contribution in [0.3, 0.4) is 0 Å². The molecule has 18 heavy (non-hydrogen) atoms. The highest BCUT2D eigenvalue weighted by atomic mass is 35.7. The number of aromatic nitrogens is 1. The Bertz CT molecular complexity index is 561. The van der Waals surface area contributed by atoms with Crippen LogP contribution in [-0.2, 0) is 13.8 Å². The number of nitrogens with zero attached hydrogens (tertiary/aromatic N) is 2. The number of hydrogen-bond acceptors (Lipinski definition) is 4. The molecule has 1 amide bonds. The minimum Gasteiger partial charge on any atom is -0.311 e. The molecule has 0 N–H and O–H groups in total. The van der Waals surface area contributed by atoms with E-state index >= 15 is 0 Å². The molecule has 2 rings (SSSR count). The van der Waals surface area contributed by atoms with Crippen LogP contribution in [0.2, 0.25) is 0 Å². The van der Waals surface area contributed by atoms with Crippen molar-refractivity contribution >= 4 is 31.3 Å². The van der Waals surface area contributed by atoms with Crippen LogP contribution in [0.4, 0.5) is 10.1 Å². The fraction of sp³-hybridized carbons (Fsp3) is 0.400. The van der Waals surface area contributed by atoms with Crippen molar-refractivity contribution in [2.24, 2.45) is 5.92 Å². The quantitative estimate of drug-likeness (QED) is 0.619. The van der Waals surface area contributed by atoms with Gasteiger partial charge in [-0.1, -0.05) is 0 Å². The summed E-state index contributed by atoms with van der Waals surface area (Å²) in [6, 6.07) is 2.58. The molecular weight excluding hydrogens is 283 g/mol. The van der Waals surface area contributed by atoms with Gasteiger partial charge in [0.2, 0.25) is 20.9 Å². The second-order valence-electron chi connectivity index (χ2n) is 4.12. The molecule has 1 aliphatic rings. The number of pyridine rings is 1. The molecule has 0 radical (unpaired) electrons. The Morgan fingerprint density at radius 2 is 2.22 bits per heavy atom. The van der Waals surface area contributed by atoms with Crippen molar-refractivity contribution in [2.75, 3.05) is 17.2 Å². The van der Waals surface area contributed by atoms with E-state index in [1.54, 1.807) is 0 Å². The highest BCUT2D eigenvalue weighted by Crippen LogP contribution is 2.26.